The molecule has 2 aromatic rings. The largest absolute Gasteiger partial charge is 0.351 e. The van der Waals surface area contributed by atoms with Gasteiger partial charge in [0.05, 0.1) is 20.6 Å². The van der Waals surface area contributed by atoms with Crippen LogP contribution in [0, 0.1) is 0 Å². The molecule has 22 heavy (non-hydrogen) atoms. The zero-order valence-electron chi connectivity index (χ0n) is 11.6. The highest BCUT2D eigenvalue weighted by atomic mass is 35.5. The molecule has 0 saturated heterocycles. The van der Waals surface area contributed by atoms with Crippen LogP contribution in [0.5, 0.6) is 0 Å². The van der Waals surface area contributed by atoms with Gasteiger partial charge in [-0.2, -0.15) is 11.8 Å². The molecule has 116 valence electrons. The highest BCUT2D eigenvalue weighted by Crippen LogP contribution is 2.24. The van der Waals surface area contributed by atoms with Crippen LogP contribution in [0.3, 0.4) is 0 Å². The van der Waals surface area contributed by atoms with E-state index in [1.165, 1.54) is 0 Å². The summed E-state index contributed by atoms with van der Waals surface area (Å²) in [4.78, 5) is 11.9. The summed E-state index contributed by atoms with van der Waals surface area (Å²) in [6, 6.07) is 12.6. The Morgan fingerprint density at radius 2 is 1.77 bits per heavy atom. The summed E-state index contributed by atoms with van der Waals surface area (Å²) in [5.41, 5.74) is 1.61. The SMILES string of the molecule is O=C(NCCSCc1ccc(Cl)c(Cl)c1)c1ccccc1Cl. The molecule has 0 aliphatic rings. The van der Waals surface area contributed by atoms with Crippen LogP contribution in [0.15, 0.2) is 42.5 Å². The summed E-state index contributed by atoms with van der Waals surface area (Å²) in [5, 5.41) is 4.44. The van der Waals surface area contributed by atoms with Crippen LogP contribution in [0.1, 0.15) is 15.9 Å². The molecule has 2 nitrogen and oxygen atoms in total. The van der Waals surface area contributed by atoms with E-state index in [9.17, 15) is 4.79 Å². The third-order valence-corrected chi connectivity index (χ3v) is 5.00. The average molecular weight is 375 g/mol. The summed E-state index contributed by atoms with van der Waals surface area (Å²) in [6.07, 6.45) is 0. The number of carbonyl (C=O) groups is 1. The summed E-state index contributed by atoms with van der Waals surface area (Å²) >= 11 is 19.5. The van der Waals surface area contributed by atoms with Gasteiger partial charge in [-0.1, -0.05) is 53.0 Å². The molecule has 0 heterocycles. The molecule has 6 heteroatoms. The molecule has 0 bridgehead atoms. The first-order valence-corrected chi connectivity index (χ1v) is 8.91. The van der Waals surface area contributed by atoms with Gasteiger partial charge in [-0.25, -0.2) is 0 Å². The minimum atomic E-state index is -0.152. The second-order valence-corrected chi connectivity index (χ2v) is 6.86. The smallest absolute Gasteiger partial charge is 0.252 e. The number of hydrogen-bond donors (Lipinski definition) is 1. The van der Waals surface area contributed by atoms with Gasteiger partial charge in [0.2, 0.25) is 0 Å². The first kappa shape index (κ1) is 17.5. The van der Waals surface area contributed by atoms with Crippen LogP contribution in [-0.2, 0) is 5.75 Å². The van der Waals surface area contributed by atoms with Crippen LogP contribution in [0.25, 0.3) is 0 Å². The van der Waals surface area contributed by atoms with E-state index in [2.05, 4.69) is 5.32 Å². The number of benzene rings is 2. The lowest BCUT2D eigenvalue weighted by atomic mass is 10.2. The van der Waals surface area contributed by atoms with Crippen molar-refractivity contribution in [1.29, 1.82) is 0 Å². The second kappa shape index (κ2) is 8.68. The van der Waals surface area contributed by atoms with Crippen molar-refractivity contribution in [2.45, 2.75) is 5.75 Å². The number of amides is 1. The van der Waals surface area contributed by atoms with Gasteiger partial charge < -0.3 is 5.32 Å². The van der Waals surface area contributed by atoms with E-state index >= 15 is 0 Å². The van der Waals surface area contributed by atoms with E-state index in [0.717, 1.165) is 17.1 Å². The normalized spacial score (nSPS) is 10.5. The maximum Gasteiger partial charge on any atom is 0.252 e. The van der Waals surface area contributed by atoms with Crippen LogP contribution in [0.4, 0.5) is 0 Å². The van der Waals surface area contributed by atoms with Gasteiger partial charge in [0.1, 0.15) is 0 Å². The molecule has 0 radical (unpaired) electrons. The summed E-state index contributed by atoms with van der Waals surface area (Å²) in [7, 11) is 0. The quantitative estimate of drug-likeness (QED) is 0.694. The fourth-order valence-corrected chi connectivity index (χ4v) is 3.14. The zero-order valence-corrected chi connectivity index (χ0v) is 14.7. The van der Waals surface area contributed by atoms with Crippen molar-refractivity contribution in [2.75, 3.05) is 12.3 Å². The van der Waals surface area contributed by atoms with Crippen LogP contribution in [-0.4, -0.2) is 18.2 Å². The van der Waals surface area contributed by atoms with Gasteiger partial charge >= 0.3 is 0 Å². The Kier molecular flexibility index (Phi) is 6.90. The van der Waals surface area contributed by atoms with E-state index in [1.54, 1.807) is 42.1 Å². The number of rotatable bonds is 6. The Morgan fingerprint density at radius 3 is 2.50 bits per heavy atom. The van der Waals surface area contributed by atoms with Gasteiger partial charge in [-0.3, -0.25) is 4.79 Å². The lowest BCUT2D eigenvalue weighted by molar-refractivity contribution is 0.0956. The predicted octanol–water partition coefficient (Wildman–Crippen LogP) is 5.31. The van der Waals surface area contributed by atoms with E-state index in [-0.39, 0.29) is 5.91 Å². The van der Waals surface area contributed by atoms with Crippen molar-refractivity contribution in [2.24, 2.45) is 0 Å². The van der Waals surface area contributed by atoms with Crippen LogP contribution >= 0.6 is 46.6 Å². The lowest BCUT2D eigenvalue weighted by Crippen LogP contribution is -2.26. The Hall–Kier alpha value is -0.870. The van der Waals surface area contributed by atoms with Gasteiger partial charge in [-0.15, -0.1) is 0 Å². The monoisotopic (exact) mass is 373 g/mol. The molecule has 0 spiro atoms. The third-order valence-electron chi connectivity index (χ3n) is 2.90. The lowest BCUT2D eigenvalue weighted by Gasteiger charge is -2.07. The maximum absolute atomic E-state index is 11.9. The molecule has 0 aliphatic carbocycles. The molecule has 2 rings (SSSR count). The van der Waals surface area contributed by atoms with Crippen molar-refractivity contribution in [3.05, 3.63) is 68.7 Å². The van der Waals surface area contributed by atoms with Crippen molar-refractivity contribution >= 4 is 52.5 Å². The van der Waals surface area contributed by atoms with E-state index in [1.807, 2.05) is 12.1 Å². The first-order chi connectivity index (χ1) is 10.6. The highest BCUT2D eigenvalue weighted by Gasteiger charge is 2.08. The molecule has 0 saturated carbocycles. The second-order valence-electron chi connectivity index (χ2n) is 4.54. The Bertz CT molecular complexity index is 664. The van der Waals surface area contributed by atoms with E-state index in [0.29, 0.717) is 27.2 Å². The summed E-state index contributed by atoms with van der Waals surface area (Å²) < 4.78 is 0. The summed E-state index contributed by atoms with van der Waals surface area (Å²) in [5.74, 6) is 1.47. The van der Waals surface area contributed by atoms with Crippen molar-refractivity contribution in [3.8, 4) is 0 Å². The number of thioether (sulfide) groups is 1. The van der Waals surface area contributed by atoms with Crippen molar-refractivity contribution in [3.63, 3.8) is 0 Å². The zero-order chi connectivity index (χ0) is 15.9. The fraction of sp³-hybridized carbons (Fsp3) is 0.188. The van der Waals surface area contributed by atoms with Crippen LogP contribution in [0.2, 0.25) is 15.1 Å². The van der Waals surface area contributed by atoms with E-state index < -0.39 is 0 Å². The Morgan fingerprint density at radius 1 is 1.00 bits per heavy atom. The van der Waals surface area contributed by atoms with Gasteiger partial charge in [0, 0.05) is 18.1 Å². The Balaban J connectivity index is 1.72. The average Bonchev–Trinajstić information content (AvgIpc) is 2.50. The highest BCUT2D eigenvalue weighted by molar-refractivity contribution is 7.98. The minimum Gasteiger partial charge on any atom is -0.351 e. The molecular weight excluding hydrogens is 361 g/mol. The molecular formula is C16H14Cl3NOS. The van der Waals surface area contributed by atoms with Gasteiger partial charge in [0.25, 0.3) is 5.91 Å². The molecule has 0 fully saturated rings. The molecule has 1 N–H and O–H groups in total. The molecule has 0 aliphatic heterocycles. The minimum absolute atomic E-state index is 0.152. The number of hydrogen-bond acceptors (Lipinski definition) is 2. The van der Waals surface area contributed by atoms with Crippen molar-refractivity contribution in [1.82, 2.24) is 5.32 Å². The Labute approximate surface area is 149 Å². The van der Waals surface area contributed by atoms with Gasteiger partial charge in [0.15, 0.2) is 0 Å². The fourth-order valence-electron chi connectivity index (χ4n) is 1.80. The number of nitrogens with one attached hydrogen (secondary N) is 1. The first-order valence-electron chi connectivity index (χ1n) is 6.62. The number of carbonyl (C=O) groups excluding carboxylic acids is 1. The van der Waals surface area contributed by atoms with Gasteiger partial charge in [-0.05, 0) is 29.8 Å². The third kappa shape index (κ3) is 5.10. The predicted molar refractivity (Wildman–Crippen MR) is 96.4 cm³/mol. The maximum atomic E-state index is 11.9. The molecule has 0 atom stereocenters. The van der Waals surface area contributed by atoms with E-state index in [4.69, 9.17) is 34.8 Å². The molecule has 1 amide bonds. The standard InChI is InChI=1S/C16H14Cl3NOS/c17-13-4-2-1-3-12(13)16(21)20-7-8-22-10-11-5-6-14(18)15(19)9-11/h1-6,9H,7-8,10H2,(H,20,21). The molecule has 0 aromatic heterocycles. The molecule has 0 unspecified atom stereocenters. The van der Waals surface area contributed by atoms with Crippen molar-refractivity contribution < 1.29 is 4.79 Å². The molecule has 2 aromatic carbocycles. The van der Waals surface area contributed by atoms with Crippen LogP contribution < -0.4 is 5.32 Å². The number of halogens is 3. The summed E-state index contributed by atoms with van der Waals surface area (Å²) in [6.45, 7) is 0.579. The topological polar surface area (TPSA) is 29.1 Å².